The molecule has 0 spiro atoms. The zero-order chi connectivity index (χ0) is 16.1. The molecule has 1 saturated heterocycles. The second-order valence-electron chi connectivity index (χ2n) is 5.88. The number of rotatable bonds is 5. The molecule has 1 amide bonds. The van der Waals surface area contributed by atoms with E-state index in [4.69, 9.17) is 15.2 Å². The summed E-state index contributed by atoms with van der Waals surface area (Å²) in [7, 11) is 3.20. The number of hydrogen-bond donors (Lipinski definition) is 1. The van der Waals surface area contributed by atoms with Gasteiger partial charge in [0, 0.05) is 19.1 Å². The van der Waals surface area contributed by atoms with Gasteiger partial charge in [-0.2, -0.15) is 0 Å². The first-order valence-corrected chi connectivity index (χ1v) is 7.81. The van der Waals surface area contributed by atoms with Crippen LogP contribution in [0, 0.1) is 5.92 Å². The third kappa shape index (κ3) is 4.52. The van der Waals surface area contributed by atoms with Crippen molar-refractivity contribution in [2.24, 2.45) is 11.7 Å². The van der Waals surface area contributed by atoms with Crippen molar-refractivity contribution in [1.29, 1.82) is 0 Å². The molecule has 0 saturated carbocycles. The van der Waals surface area contributed by atoms with Crippen molar-refractivity contribution >= 4 is 18.3 Å². The summed E-state index contributed by atoms with van der Waals surface area (Å²) in [5.74, 6) is 1.92. The Morgan fingerprint density at radius 2 is 2.00 bits per heavy atom. The van der Waals surface area contributed by atoms with E-state index in [-0.39, 0.29) is 24.4 Å². The summed E-state index contributed by atoms with van der Waals surface area (Å²) in [5.41, 5.74) is 6.80. The largest absolute Gasteiger partial charge is 0.493 e. The number of nitrogens with two attached hydrogens (primary N) is 1. The lowest BCUT2D eigenvalue weighted by atomic mass is 9.90. The van der Waals surface area contributed by atoms with Gasteiger partial charge in [0.2, 0.25) is 5.91 Å². The van der Waals surface area contributed by atoms with Gasteiger partial charge >= 0.3 is 0 Å². The Morgan fingerprint density at radius 1 is 1.30 bits per heavy atom. The highest BCUT2D eigenvalue weighted by molar-refractivity contribution is 5.85. The van der Waals surface area contributed by atoms with E-state index in [9.17, 15) is 4.79 Å². The van der Waals surface area contributed by atoms with E-state index in [1.165, 1.54) is 0 Å². The van der Waals surface area contributed by atoms with Crippen molar-refractivity contribution in [2.45, 2.75) is 32.2 Å². The van der Waals surface area contributed by atoms with Crippen molar-refractivity contribution in [3.05, 3.63) is 23.8 Å². The molecule has 2 unspecified atom stereocenters. The molecule has 1 fully saturated rings. The predicted molar refractivity (Wildman–Crippen MR) is 93.5 cm³/mol. The van der Waals surface area contributed by atoms with Crippen LogP contribution in [0.4, 0.5) is 0 Å². The molecule has 1 aliphatic rings. The van der Waals surface area contributed by atoms with Gasteiger partial charge in [0.15, 0.2) is 11.5 Å². The van der Waals surface area contributed by atoms with E-state index in [2.05, 4.69) is 6.92 Å². The highest BCUT2D eigenvalue weighted by atomic mass is 35.5. The molecule has 1 aromatic rings. The van der Waals surface area contributed by atoms with Crippen molar-refractivity contribution in [1.82, 2.24) is 4.90 Å². The molecule has 1 heterocycles. The standard InChI is InChI=1S/C17H26N2O3.ClH/c1-12-5-4-8-19(14(12)11-18)17(20)10-13-6-7-15(21-2)16(9-13)22-3;/h6-7,9,12,14H,4-5,8,10-11,18H2,1-3H3;1H. The summed E-state index contributed by atoms with van der Waals surface area (Å²) in [6.07, 6.45) is 2.56. The van der Waals surface area contributed by atoms with Crippen LogP contribution in [0.3, 0.4) is 0 Å². The molecule has 1 aromatic carbocycles. The van der Waals surface area contributed by atoms with E-state index in [0.717, 1.165) is 24.9 Å². The van der Waals surface area contributed by atoms with E-state index in [1.54, 1.807) is 14.2 Å². The predicted octanol–water partition coefficient (Wildman–Crippen LogP) is 2.25. The Kier molecular flexibility index (Phi) is 7.65. The van der Waals surface area contributed by atoms with E-state index in [0.29, 0.717) is 30.4 Å². The fourth-order valence-electron chi connectivity index (χ4n) is 3.18. The summed E-state index contributed by atoms with van der Waals surface area (Å²) < 4.78 is 10.5. The van der Waals surface area contributed by atoms with Gasteiger partial charge in [0.25, 0.3) is 0 Å². The van der Waals surface area contributed by atoms with Crippen LogP contribution in [-0.2, 0) is 11.2 Å². The summed E-state index contributed by atoms with van der Waals surface area (Å²) >= 11 is 0. The molecule has 2 rings (SSSR count). The van der Waals surface area contributed by atoms with Gasteiger partial charge in [0.1, 0.15) is 0 Å². The monoisotopic (exact) mass is 342 g/mol. The lowest BCUT2D eigenvalue weighted by molar-refractivity contribution is -0.135. The van der Waals surface area contributed by atoms with Gasteiger partial charge < -0.3 is 20.1 Å². The molecule has 1 aliphatic heterocycles. The highest BCUT2D eigenvalue weighted by Gasteiger charge is 2.30. The number of amides is 1. The van der Waals surface area contributed by atoms with Crippen molar-refractivity contribution in [3.63, 3.8) is 0 Å². The summed E-state index contributed by atoms with van der Waals surface area (Å²) in [5, 5.41) is 0. The zero-order valence-electron chi connectivity index (χ0n) is 14.1. The molecule has 23 heavy (non-hydrogen) atoms. The van der Waals surface area contributed by atoms with Crippen molar-refractivity contribution < 1.29 is 14.3 Å². The van der Waals surface area contributed by atoms with Gasteiger partial charge in [0.05, 0.1) is 20.6 Å². The molecule has 0 aromatic heterocycles. The van der Waals surface area contributed by atoms with Crippen LogP contribution in [0.25, 0.3) is 0 Å². The summed E-state index contributed by atoms with van der Waals surface area (Å²) in [4.78, 5) is 14.6. The molecular weight excluding hydrogens is 316 g/mol. The van der Waals surface area contributed by atoms with Crippen LogP contribution >= 0.6 is 12.4 Å². The van der Waals surface area contributed by atoms with E-state index >= 15 is 0 Å². The van der Waals surface area contributed by atoms with Crippen LogP contribution < -0.4 is 15.2 Å². The molecule has 0 bridgehead atoms. The average Bonchev–Trinajstić information content (AvgIpc) is 2.54. The fourth-order valence-corrected chi connectivity index (χ4v) is 3.18. The number of benzene rings is 1. The van der Waals surface area contributed by atoms with E-state index in [1.807, 2.05) is 23.1 Å². The zero-order valence-corrected chi connectivity index (χ0v) is 14.9. The molecule has 2 atom stereocenters. The Bertz CT molecular complexity index is 525. The maximum atomic E-state index is 12.6. The second kappa shape index (κ2) is 8.99. The van der Waals surface area contributed by atoms with Gasteiger partial charge in [-0.1, -0.05) is 13.0 Å². The van der Waals surface area contributed by atoms with Gasteiger partial charge in [-0.25, -0.2) is 0 Å². The number of ether oxygens (including phenoxy) is 2. The number of carbonyl (C=O) groups excluding carboxylic acids is 1. The normalized spacial score (nSPS) is 20.6. The van der Waals surface area contributed by atoms with Crippen molar-refractivity contribution in [3.8, 4) is 11.5 Å². The quantitative estimate of drug-likeness (QED) is 0.891. The molecular formula is C17H27ClN2O3. The Morgan fingerprint density at radius 3 is 2.61 bits per heavy atom. The maximum Gasteiger partial charge on any atom is 0.227 e. The Hall–Kier alpha value is -1.46. The number of halogens is 1. The lowest BCUT2D eigenvalue weighted by Crippen LogP contribution is -2.51. The van der Waals surface area contributed by atoms with Crippen LogP contribution in [0.2, 0.25) is 0 Å². The second-order valence-corrected chi connectivity index (χ2v) is 5.88. The smallest absolute Gasteiger partial charge is 0.227 e. The van der Waals surface area contributed by atoms with Crippen LogP contribution in [-0.4, -0.2) is 44.2 Å². The first kappa shape index (κ1) is 19.6. The number of carbonyl (C=O) groups is 1. The molecule has 2 N–H and O–H groups in total. The fraction of sp³-hybridized carbons (Fsp3) is 0.588. The Labute approximate surface area is 144 Å². The SMILES string of the molecule is COc1ccc(CC(=O)N2CCCC(C)C2CN)cc1OC.Cl. The van der Waals surface area contributed by atoms with Gasteiger partial charge in [-0.3, -0.25) is 4.79 Å². The minimum atomic E-state index is 0. The lowest BCUT2D eigenvalue weighted by Gasteiger charge is -2.39. The van der Waals surface area contributed by atoms with Gasteiger partial charge in [-0.05, 0) is 36.5 Å². The maximum absolute atomic E-state index is 12.6. The summed E-state index contributed by atoms with van der Waals surface area (Å²) in [6, 6.07) is 5.76. The van der Waals surface area contributed by atoms with E-state index < -0.39 is 0 Å². The average molecular weight is 343 g/mol. The number of hydrogen-bond acceptors (Lipinski definition) is 4. The van der Waals surface area contributed by atoms with Crippen molar-refractivity contribution in [2.75, 3.05) is 27.3 Å². The first-order valence-electron chi connectivity index (χ1n) is 7.81. The minimum Gasteiger partial charge on any atom is -0.493 e. The minimum absolute atomic E-state index is 0. The van der Waals surface area contributed by atoms with Crippen LogP contribution in [0.1, 0.15) is 25.3 Å². The molecule has 0 radical (unpaired) electrons. The third-order valence-electron chi connectivity index (χ3n) is 4.48. The molecule has 0 aliphatic carbocycles. The molecule has 5 nitrogen and oxygen atoms in total. The summed E-state index contributed by atoms with van der Waals surface area (Å²) in [6.45, 7) is 3.50. The number of nitrogens with zero attached hydrogens (tertiary/aromatic N) is 1. The van der Waals surface area contributed by atoms with Crippen LogP contribution in [0.15, 0.2) is 18.2 Å². The number of methoxy groups -OCH3 is 2. The van der Waals surface area contributed by atoms with Gasteiger partial charge in [-0.15, -0.1) is 12.4 Å². The molecule has 6 heteroatoms. The topological polar surface area (TPSA) is 64.8 Å². The number of piperidine rings is 1. The third-order valence-corrected chi connectivity index (χ3v) is 4.48. The highest BCUT2D eigenvalue weighted by Crippen LogP contribution is 2.28. The Balaban J connectivity index is 0.00000264. The molecule has 130 valence electrons. The number of likely N-dealkylation sites (tertiary alicyclic amines) is 1. The first-order chi connectivity index (χ1) is 10.6. The van der Waals surface area contributed by atoms with Crippen LogP contribution in [0.5, 0.6) is 11.5 Å².